The van der Waals surface area contributed by atoms with Gasteiger partial charge in [-0.1, -0.05) is 6.07 Å². The van der Waals surface area contributed by atoms with E-state index in [9.17, 15) is 4.39 Å². The standard InChI is InChI=1S/C17H23FN4O2/c1-5-19-17(21-10-16-22-11(2)12(3)24-16)20-9-13-6-7-15(23-4)14(18)8-13/h6-8H,5,9-10H2,1-4H3,(H2,19,20,21). The van der Waals surface area contributed by atoms with Crippen molar-refractivity contribution < 1.29 is 13.5 Å². The van der Waals surface area contributed by atoms with Crippen LogP contribution in [0.5, 0.6) is 5.75 Å². The maximum atomic E-state index is 13.7. The summed E-state index contributed by atoms with van der Waals surface area (Å²) in [6.07, 6.45) is 0. The normalized spacial score (nSPS) is 11.5. The predicted octanol–water partition coefficient (Wildman–Crippen LogP) is 2.69. The first kappa shape index (κ1) is 17.8. The van der Waals surface area contributed by atoms with E-state index < -0.39 is 5.82 Å². The number of aliphatic imine (C=N–C) groups is 1. The van der Waals surface area contributed by atoms with Gasteiger partial charge in [0.2, 0.25) is 5.89 Å². The summed E-state index contributed by atoms with van der Waals surface area (Å²) in [5.74, 6) is 1.85. The lowest BCUT2D eigenvalue weighted by atomic mass is 10.2. The summed E-state index contributed by atoms with van der Waals surface area (Å²) in [6, 6.07) is 4.81. The monoisotopic (exact) mass is 334 g/mol. The highest BCUT2D eigenvalue weighted by Gasteiger charge is 2.07. The van der Waals surface area contributed by atoms with Gasteiger partial charge in [0.15, 0.2) is 17.5 Å². The summed E-state index contributed by atoms with van der Waals surface area (Å²) in [5.41, 5.74) is 1.63. The van der Waals surface area contributed by atoms with Crippen LogP contribution < -0.4 is 15.4 Å². The number of halogens is 1. The van der Waals surface area contributed by atoms with Crippen LogP contribution in [0.3, 0.4) is 0 Å². The molecular weight excluding hydrogens is 311 g/mol. The van der Waals surface area contributed by atoms with E-state index in [1.165, 1.54) is 13.2 Å². The molecule has 0 aliphatic carbocycles. The molecule has 1 aromatic carbocycles. The molecule has 0 radical (unpaired) electrons. The van der Waals surface area contributed by atoms with Gasteiger partial charge in [0.05, 0.1) is 25.9 Å². The van der Waals surface area contributed by atoms with E-state index >= 15 is 0 Å². The Balaban J connectivity index is 2.00. The molecule has 2 rings (SSSR count). The van der Waals surface area contributed by atoms with Crippen LogP contribution in [-0.2, 0) is 13.1 Å². The molecular formula is C17H23FN4O2. The molecule has 7 heteroatoms. The minimum atomic E-state index is -0.395. The largest absolute Gasteiger partial charge is 0.494 e. The van der Waals surface area contributed by atoms with Gasteiger partial charge in [-0.25, -0.2) is 14.4 Å². The van der Waals surface area contributed by atoms with Crippen LogP contribution >= 0.6 is 0 Å². The molecule has 2 aromatic rings. The van der Waals surface area contributed by atoms with Crippen molar-refractivity contribution in [3.63, 3.8) is 0 Å². The summed E-state index contributed by atoms with van der Waals surface area (Å²) in [4.78, 5) is 8.76. The fraction of sp³-hybridized carbons (Fsp3) is 0.412. The van der Waals surface area contributed by atoms with Gasteiger partial charge in [-0.3, -0.25) is 0 Å². The average Bonchev–Trinajstić information content (AvgIpc) is 2.88. The first-order valence-corrected chi connectivity index (χ1v) is 7.81. The minimum Gasteiger partial charge on any atom is -0.494 e. The van der Waals surface area contributed by atoms with Crippen molar-refractivity contribution in [2.45, 2.75) is 33.9 Å². The Morgan fingerprint density at radius 2 is 2.12 bits per heavy atom. The zero-order chi connectivity index (χ0) is 17.5. The third-order valence-corrected chi connectivity index (χ3v) is 3.46. The number of methoxy groups -OCH3 is 1. The number of hydrogen-bond donors (Lipinski definition) is 2. The molecule has 0 atom stereocenters. The van der Waals surface area contributed by atoms with E-state index in [0.29, 0.717) is 31.5 Å². The fourth-order valence-electron chi connectivity index (χ4n) is 2.09. The number of aryl methyl sites for hydroxylation is 2. The molecule has 0 unspecified atom stereocenters. The first-order chi connectivity index (χ1) is 11.5. The minimum absolute atomic E-state index is 0.224. The highest BCUT2D eigenvalue weighted by molar-refractivity contribution is 5.79. The molecule has 0 amide bonds. The molecule has 0 aliphatic heterocycles. The van der Waals surface area contributed by atoms with E-state index in [-0.39, 0.29) is 5.75 Å². The number of nitrogens with one attached hydrogen (secondary N) is 2. The Labute approximate surface area is 141 Å². The van der Waals surface area contributed by atoms with E-state index in [1.807, 2.05) is 20.8 Å². The van der Waals surface area contributed by atoms with Crippen molar-refractivity contribution in [2.24, 2.45) is 4.99 Å². The Bertz CT molecular complexity index is 693. The molecule has 0 aliphatic rings. The molecule has 0 bridgehead atoms. The number of guanidine groups is 1. The molecule has 6 nitrogen and oxygen atoms in total. The van der Waals surface area contributed by atoms with Gasteiger partial charge in [0.25, 0.3) is 0 Å². The molecule has 0 saturated carbocycles. The summed E-state index contributed by atoms with van der Waals surface area (Å²) in [6.45, 7) is 7.25. The maximum Gasteiger partial charge on any atom is 0.214 e. The van der Waals surface area contributed by atoms with Crippen LogP contribution in [0.15, 0.2) is 27.6 Å². The summed E-state index contributed by atoms with van der Waals surface area (Å²) >= 11 is 0. The SMILES string of the molecule is CCNC(=NCc1ccc(OC)c(F)c1)NCc1nc(C)c(C)o1. The van der Waals surface area contributed by atoms with Crippen molar-refractivity contribution in [2.75, 3.05) is 13.7 Å². The van der Waals surface area contributed by atoms with Crippen molar-refractivity contribution >= 4 is 5.96 Å². The van der Waals surface area contributed by atoms with Crippen LogP contribution in [0.25, 0.3) is 0 Å². The van der Waals surface area contributed by atoms with E-state index in [0.717, 1.165) is 17.0 Å². The highest BCUT2D eigenvalue weighted by Crippen LogP contribution is 2.18. The predicted molar refractivity (Wildman–Crippen MR) is 90.6 cm³/mol. The lowest BCUT2D eigenvalue weighted by Gasteiger charge is -2.10. The van der Waals surface area contributed by atoms with Crippen molar-refractivity contribution in [1.82, 2.24) is 15.6 Å². The second kappa shape index (κ2) is 8.33. The summed E-state index contributed by atoms with van der Waals surface area (Å²) in [7, 11) is 1.44. The van der Waals surface area contributed by atoms with Gasteiger partial charge in [0, 0.05) is 6.54 Å². The molecule has 1 heterocycles. The zero-order valence-electron chi connectivity index (χ0n) is 14.4. The number of oxazole rings is 1. The van der Waals surface area contributed by atoms with Crippen LogP contribution in [0.1, 0.15) is 29.8 Å². The second-order valence-corrected chi connectivity index (χ2v) is 5.27. The van der Waals surface area contributed by atoms with Crippen molar-refractivity contribution in [3.05, 3.63) is 46.9 Å². The van der Waals surface area contributed by atoms with E-state index in [4.69, 9.17) is 9.15 Å². The maximum absolute atomic E-state index is 13.7. The third kappa shape index (κ3) is 4.71. The average molecular weight is 334 g/mol. The molecule has 0 fully saturated rings. The third-order valence-electron chi connectivity index (χ3n) is 3.46. The molecule has 1 aromatic heterocycles. The number of ether oxygens (including phenoxy) is 1. The number of aromatic nitrogens is 1. The summed E-state index contributed by atoms with van der Waals surface area (Å²) in [5, 5.41) is 6.28. The molecule has 24 heavy (non-hydrogen) atoms. The van der Waals surface area contributed by atoms with Gasteiger partial charge < -0.3 is 19.8 Å². The van der Waals surface area contributed by atoms with Gasteiger partial charge in [-0.15, -0.1) is 0 Å². The zero-order valence-corrected chi connectivity index (χ0v) is 14.4. The number of hydrogen-bond acceptors (Lipinski definition) is 4. The number of nitrogens with zero attached hydrogens (tertiary/aromatic N) is 2. The Morgan fingerprint density at radius 1 is 1.33 bits per heavy atom. The van der Waals surface area contributed by atoms with Gasteiger partial charge in [0.1, 0.15) is 5.76 Å². The van der Waals surface area contributed by atoms with Crippen LogP contribution in [0.4, 0.5) is 4.39 Å². The van der Waals surface area contributed by atoms with Crippen molar-refractivity contribution in [1.29, 1.82) is 0 Å². The molecule has 0 saturated heterocycles. The number of rotatable bonds is 6. The topological polar surface area (TPSA) is 71.7 Å². The Morgan fingerprint density at radius 3 is 2.71 bits per heavy atom. The highest BCUT2D eigenvalue weighted by atomic mass is 19.1. The van der Waals surface area contributed by atoms with Gasteiger partial charge in [-0.2, -0.15) is 0 Å². The number of benzene rings is 1. The van der Waals surface area contributed by atoms with E-state index in [1.54, 1.807) is 12.1 Å². The molecule has 2 N–H and O–H groups in total. The molecule has 0 spiro atoms. The lowest BCUT2D eigenvalue weighted by molar-refractivity contribution is 0.386. The van der Waals surface area contributed by atoms with E-state index in [2.05, 4.69) is 20.6 Å². The van der Waals surface area contributed by atoms with Crippen LogP contribution in [0, 0.1) is 19.7 Å². The quantitative estimate of drug-likeness (QED) is 0.628. The van der Waals surface area contributed by atoms with Crippen LogP contribution in [-0.4, -0.2) is 24.6 Å². The Kier molecular flexibility index (Phi) is 6.17. The lowest BCUT2D eigenvalue weighted by Crippen LogP contribution is -2.36. The van der Waals surface area contributed by atoms with Gasteiger partial charge >= 0.3 is 0 Å². The molecule has 130 valence electrons. The van der Waals surface area contributed by atoms with Crippen molar-refractivity contribution in [3.8, 4) is 5.75 Å². The van der Waals surface area contributed by atoms with Gasteiger partial charge in [-0.05, 0) is 38.5 Å². The van der Waals surface area contributed by atoms with Crippen LogP contribution in [0.2, 0.25) is 0 Å². The smallest absolute Gasteiger partial charge is 0.214 e. The summed E-state index contributed by atoms with van der Waals surface area (Å²) < 4.78 is 24.1. The second-order valence-electron chi connectivity index (χ2n) is 5.27. The Hall–Kier alpha value is -2.57. The first-order valence-electron chi connectivity index (χ1n) is 7.81. The fourth-order valence-corrected chi connectivity index (χ4v) is 2.09.